The molecular weight excluding hydrogens is 196 g/mol. The average Bonchev–Trinajstić information content (AvgIpc) is 2.33. The molecule has 1 rings (SSSR count). The molecule has 0 heterocycles. The molecule has 1 aliphatic carbocycles. The summed E-state index contributed by atoms with van der Waals surface area (Å²) in [5, 5.41) is 0. The van der Waals surface area contributed by atoms with Crippen LogP contribution in [0.2, 0.25) is 0 Å². The molecule has 0 aromatic heterocycles. The third kappa shape index (κ3) is 3.21. The van der Waals surface area contributed by atoms with Crippen LogP contribution in [0.4, 0.5) is 0 Å². The van der Waals surface area contributed by atoms with Crippen LogP contribution >= 0.6 is 0 Å². The lowest BCUT2D eigenvalue weighted by Crippen LogP contribution is -2.52. The molecule has 0 radical (unpaired) electrons. The van der Waals surface area contributed by atoms with E-state index < -0.39 is 0 Å². The predicted octanol–water partition coefficient (Wildman–Crippen LogP) is 3.02. The minimum Gasteiger partial charge on any atom is -0.329 e. The van der Waals surface area contributed by atoms with E-state index >= 15 is 0 Å². The van der Waals surface area contributed by atoms with Crippen molar-refractivity contribution in [3.63, 3.8) is 0 Å². The van der Waals surface area contributed by atoms with E-state index in [0.717, 1.165) is 12.5 Å². The van der Waals surface area contributed by atoms with Crippen LogP contribution in [-0.4, -0.2) is 30.6 Å². The fraction of sp³-hybridized carbons (Fsp3) is 1.00. The molecule has 0 aliphatic heterocycles. The highest BCUT2D eigenvalue weighted by Gasteiger charge is 2.30. The van der Waals surface area contributed by atoms with E-state index in [1.165, 1.54) is 51.5 Å². The predicted molar refractivity (Wildman–Crippen MR) is 71.6 cm³/mol. The smallest absolute Gasteiger partial charge is 0.0323 e. The maximum Gasteiger partial charge on any atom is 0.0323 e. The molecule has 0 unspecified atom stereocenters. The quantitative estimate of drug-likeness (QED) is 0.754. The van der Waals surface area contributed by atoms with Gasteiger partial charge < -0.3 is 5.73 Å². The van der Waals surface area contributed by atoms with Crippen molar-refractivity contribution in [2.24, 2.45) is 11.7 Å². The molecule has 1 aliphatic rings. The van der Waals surface area contributed by atoms with Gasteiger partial charge in [-0.05, 0) is 38.6 Å². The van der Waals surface area contributed by atoms with Crippen molar-refractivity contribution in [1.29, 1.82) is 0 Å². The molecular formula is C14H30N2. The zero-order valence-corrected chi connectivity index (χ0v) is 11.5. The van der Waals surface area contributed by atoms with Crippen LogP contribution in [-0.2, 0) is 0 Å². The Hall–Kier alpha value is -0.0800. The van der Waals surface area contributed by atoms with Crippen molar-refractivity contribution >= 4 is 0 Å². The van der Waals surface area contributed by atoms with E-state index in [9.17, 15) is 0 Å². The lowest BCUT2D eigenvalue weighted by Gasteiger charge is -2.42. The van der Waals surface area contributed by atoms with Crippen molar-refractivity contribution in [1.82, 2.24) is 4.90 Å². The molecule has 1 saturated carbocycles. The van der Waals surface area contributed by atoms with Gasteiger partial charge in [-0.2, -0.15) is 0 Å². The van der Waals surface area contributed by atoms with Gasteiger partial charge in [0.05, 0.1) is 0 Å². The van der Waals surface area contributed by atoms with Crippen molar-refractivity contribution < 1.29 is 0 Å². The standard InChI is InChI=1S/C14H30N2/c1-4-14(5-2,12-15)16(3)11-13-9-7-6-8-10-13/h13H,4-12,15H2,1-3H3. The topological polar surface area (TPSA) is 29.3 Å². The van der Waals surface area contributed by atoms with Gasteiger partial charge in [-0.15, -0.1) is 0 Å². The minimum absolute atomic E-state index is 0.247. The maximum absolute atomic E-state index is 5.99. The Morgan fingerprint density at radius 1 is 1.12 bits per heavy atom. The first kappa shape index (κ1) is 14.0. The molecule has 0 saturated heterocycles. The lowest BCUT2D eigenvalue weighted by atomic mass is 9.85. The van der Waals surface area contributed by atoms with Gasteiger partial charge in [0.1, 0.15) is 0 Å². The highest BCUT2D eigenvalue weighted by atomic mass is 15.2. The summed E-state index contributed by atoms with van der Waals surface area (Å²) in [7, 11) is 2.27. The fourth-order valence-electron chi connectivity index (χ4n) is 3.19. The van der Waals surface area contributed by atoms with Gasteiger partial charge in [-0.1, -0.05) is 33.1 Å². The molecule has 0 aromatic carbocycles. The molecule has 0 spiro atoms. The van der Waals surface area contributed by atoms with Crippen LogP contribution in [0.25, 0.3) is 0 Å². The lowest BCUT2D eigenvalue weighted by molar-refractivity contribution is 0.0875. The molecule has 96 valence electrons. The molecule has 2 N–H and O–H groups in total. The number of rotatable bonds is 6. The van der Waals surface area contributed by atoms with Crippen molar-refractivity contribution in [2.75, 3.05) is 20.1 Å². The summed E-state index contributed by atoms with van der Waals surface area (Å²) < 4.78 is 0. The summed E-state index contributed by atoms with van der Waals surface area (Å²) in [6.45, 7) is 6.59. The summed E-state index contributed by atoms with van der Waals surface area (Å²) in [4.78, 5) is 2.54. The highest BCUT2D eigenvalue weighted by Crippen LogP contribution is 2.28. The minimum atomic E-state index is 0.247. The Labute approximate surface area is 102 Å². The number of nitrogens with two attached hydrogens (primary N) is 1. The third-order valence-electron chi connectivity index (χ3n) is 4.76. The normalized spacial score (nSPS) is 19.3. The van der Waals surface area contributed by atoms with E-state index in [4.69, 9.17) is 5.73 Å². The largest absolute Gasteiger partial charge is 0.329 e. The molecule has 0 atom stereocenters. The van der Waals surface area contributed by atoms with E-state index in [-0.39, 0.29) is 5.54 Å². The maximum atomic E-state index is 5.99. The molecule has 0 aromatic rings. The molecule has 1 fully saturated rings. The van der Waals surface area contributed by atoms with Gasteiger partial charge in [0, 0.05) is 18.6 Å². The first-order chi connectivity index (χ1) is 7.68. The van der Waals surface area contributed by atoms with E-state index in [2.05, 4.69) is 25.8 Å². The van der Waals surface area contributed by atoms with E-state index in [1.54, 1.807) is 0 Å². The molecule has 2 nitrogen and oxygen atoms in total. The van der Waals surface area contributed by atoms with Crippen molar-refractivity contribution in [3.05, 3.63) is 0 Å². The van der Waals surface area contributed by atoms with E-state index in [0.29, 0.717) is 0 Å². The fourth-order valence-corrected chi connectivity index (χ4v) is 3.19. The van der Waals surface area contributed by atoms with Crippen LogP contribution in [0.3, 0.4) is 0 Å². The summed E-state index contributed by atoms with van der Waals surface area (Å²) in [6, 6.07) is 0. The first-order valence-corrected chi connectivity index (χ1v) is 7.09. The number of likely N-dealkylation sites (N-methyl/N-ethyl adjacent to an activating group) is 1. The number of hydrogen-bond donors (Lipinski definition) is 1. The van der Waals surface area contributed by atoms with E-state index in [1.807, 2.05) is 0 Å². The van der Waals surface area contributed by atoms with Gasteiger partial charge in [-0.3, -0.25) is 4.90 Å². The van der Waals surface area contributed by atoms with Crippen LogP contribution in [0, 0.1) is 5.92 Å². The Morgan fingerprint density at radius 3 is 2.12 bits per heavy atom. The van der Waals surface area contributed by atoms with Gasteiger partial charge >= 0.3 is 0 Å². The molecule has 0 amide bonds. The number of hydrogen-bond acceptors (Lipinski definition) is 2. The summed E-state index contributed by atoms with van der Waals surface area (Å²) in [5.41, 5.74) is 6.24. The van der Waals surface area contributed by atoms with Crippen LogP contribution in [0.1, 0.15) is 58.8 Å². The molecule has 16 heavy (non-hydrogen) atoms. The zero-order valence-electron chi connectivity index (χ0n) is 11.5. The van der Waals surface area contributed by atoms with Gasteiger partial charge in [-0.25, -0.2) is 0 Å². The molecule has 0 bridgehead atoms. The summed E-state index contributed by atoms with van der Waals surface area (Å²) in [6.07, 6.45) is 9.52. The molecule has 2 heteroatoms. The Bertz CT molecular complexity index is 173. The zero-order chi connectivity index (χ0) is 12.0. The monoisotopic (exact) mass is 226 g/mol. The highest BCUT2D eigenvalue weighted by molar-refractivity contribution is 4.89. The van der Waals surface area contributed by atoms with Crippen LogP contribution in [0.5, 0.6) is 0 Å². The Balaban J connectivity index is 2.50. The van der Waals surface area contributed by atoms with Gasteiger partial charge in [0.2, 0.25) is 0 Å². The van der Waals surface area contributed by atoms with Crippen LogP contribution in [0.15, 0.2) is 0 Å². The Morgan fingerprint density at radius 2 is 1.69 bits per heavy atom. The SMILES string of the molecule is CCC(CC)(CN)N(C)CC1CCCCC1. The Kier molecular flexibility index (Phi) is 5.77. The van der Waals surface area contributed by atoms with Crippen molar-refractivity contribution in [3.8, 4) is 0 Å². The second-order valence-electron chi connectivity index (χ2n) is 5.52. The van der Waals surface area contributed by atoms with Gasteiger partial charge in [0.25, 0.3) is 0 Å². The summed E-state index contributed by atoms with van der Waals surface area (Å²) in [5.74, 6) is 0.919. The average molecular weight is 226 g/mol. The third-order valence-corrected chi connectivity index (χ3v) is 4.76. The van der Waals surface area contributed by atoms with Crippen molar-refractivity contribution in [2.45, 2.75) is 64.3 Å². The van der Waals surface area contributed by atoms with Crippen LogP contribution < -0.4 is 5.73 Å². The second kappa shape index (κ2) is 6.61. The second-order valence-corrected chi connectivity index (χ2v) is 5.52. The van der Waals surface area contributed by atoms with Gasteiger partial charge in [0.15, 0.2) is 0 Å². The number of nitrogens with zero attached hydrogens (tertiary/aromatic N) is 1. The summed E-state index contributed by atoms with van der Waals surface area (Å²) >= 11 is 0. The first-order valence-electron chi connectivity index (χ1n) is 7.09.